The van der Waals surface area contributed by atoms with Crippen LogP contribution >= 0.6 is 0 Å². The molecule has 0 spiro atoms. The highest BCUT2D eigenvalue weighted by atomic mass is 16.5. The number of morpholine rings is 1. The minimum absolute atomic E-state index is 0.00803. The van der Waals surface area contributed by atoms with Crippen molar-refractivity contribution in [3.8, 4) is 5.75 Å². The van der Waals surface area contributed by atoms with Gasteiger partial charge in [0.15, 0.2) is 0 Å². The summed E-state index contributed by atoms with van der Waals surface area (Å²) in [6, 6.07) is 7.44. The van der Waals surface area contributed by atoms with E-state index in [-0.39, 0.29) is 5.91 Å². The van der Waals surface area contributed by atoms with Gasteiger partial charge in [-0.1, -0.05) is 19.9 Å². The molecule has 1 aliphatic heterocycles. The molecule has 1 heterocycles. The maximum Gasteiger partial charge on any atom is 0.238 e. The van der Waals surface area contributed by atoms with Gasteiger partial charge in [-0.15, -0.1) is 0 Å². The van der Waals surface area contributed by atoms with Gasteiger partial charge in [-0.25, -0.2) is 0 Å². The predicted octanol–water partition coefficient (Wildman–Crippen LogP) is 1.92. The van der Waals surface area contributed by atoms with Crippen molar-refractivity contribution in [2.75, 3.05) is 64.9 Å². The van der Waals surface area contributed by atoms with Crippen molar-refractivity contribution in [3.05, 3.63) is 24.3 Å². The van der Waals surface area contributed by atoms with Crippen LogP contribution in [0.25, 0.3) is 0 Å². The molecule has 0 aliphatic carbocycles. The van der Waals surface area contributed by atoms with Gasteiger partial charge < -0.3 is 14.8 Å². The van der Waals surface area contributed by atoms with Crippen molar-refractivity contribution < 1.29 is 14.3 Å². The molecule has 0 saturated carbocycles. The van der Waals surface area contributed by atoms with Crippen molar-refractivity contribution in [1.29, 1.82) is 0 Å². The summed E-state index contributed by atoms with van der Waals surface area (Å²) in [6.07, 6.45) is 0. The average Bonchev–Trinajstić information content (AvgIpc) is 2.62. The van der Waals surface area contributed by atoms with Crippen LogP contribution in [0.2, 0.25) is 0 Å². The molecular formula is C19H31N3O3. The fourth-order valence-corrected chi connectivity index (χ4v) is 3.13. The SMILES string of the molecule is CCN(CC(=O)Nc1cccc(OC)c1)CC(C)CN1CCOCC1. The smallest absolute Gasteiger partial charge is 0.238 e. The summed E-state index contributed by atoms with van der Waals surface area (Å²) in [6.45, 7) is 11.2. The van der Waals surface area contributed by atoms with Crippen molar-refractivity contribution in [1.82, 2.24) is 9.80 Å². The number of amides is 1. The van der Waals surface area contributed by atoms with E-state index in [1.807, 2.05) is 24.3 Å². The number of anilines is 1. The van der Waals surface area contributed by atoms with E-state index < -0.39 is 0 Å². The topological polar surface area (TPSA) is 54.0 Å². The van der Waals surface area contributed by atoms with Crippen LogP contribution in [0.5, 0.6) is 5.75 Å². The monoisotopic (exact) mass is 349 g/mol. The van der Waals surface area contributed by atoms with Gasteiger partial charge in [-0.05, 0) is 24.6 Å². The van der Waals surface area contributed by atoms with E-state index in [1.165, 1.54) is 0 Å². The van der Waals surface area contributed by atoms with E-state index in [0.717, 1.165) is 57.4 Å². The first kappa shape index (κ1) is 19.7. The molecule has 1 aromatic carbocycles. The molecule has 1 amide bonds. The second-order valence-corrected chi connectivity index (χ2v) is 6.63. The molecule has 1 atom stereocenters. The van der Waals surface area contributed by atoms with Gasteiger partial charge in [-0.2, -0.15) is 0 Å². The molecule has 6 nitrogen and oxygen atoms in total. The Morgan fingerprint density at radius 1 is 1.40 bits per heavy atom. The van der Waals surface area contributed by atoms with Gasteiger partial charge in [0.25, 0.3) is 0 Å². The molecule has 2 rings (SSSR count). The maximum atomic E-state index is 12.3. The Balaban J connectivity index is 1.78. The molecule has 25 heavy (non-hydrogen) atoms. The fraction of sp³-hybridized carbons (Fsp3) is 0.632. The first-order valence-corrected chi connectivity index (χ1v) is 9.07. The highest BCUT2D eigenvalue weighted by Gasteiger charge is 2.17. The quantitative estimate of drug-likeness (QED) is 0.738. The number of carbonyl (C=O) groups is 1. The molecule has 1 unspecified atom stereocenters. The highest BCUT2D eigenvalue weighted by Crippen LogP contribution is 2.16. The molecule has 0 aromatic heterocycles. The minimum Gasteiger partial charge on any atom is -0.497 e. The number of hydrogen-bond acceptors (Lipinski definition) is 5. The van der Waals surface area contributed by atoms with Crippen LogP contribution in [0, 0.1) is 5.92 Å². The molecule has 6 heteroatoms. The second-order valence-electron chi connectivity index (χ2n) is 6.63. The zero-order valence-corrected chi connectivity index (χ0v) is 15.7. The standard InChI is InChI=1S/C19H31N3O3/c1-4-21(13-16(2)14-22-8-10-25-11-9-22)15-19(23)20-17-6-5-7-18(12-17)24-3/h5-7,12,16H,4,8-11,13-15H2,1-3H3,(H,20,23). The van der Waals surface area contributed by atoms with Crippen LogP contribution in [-0.4, -0.2) is 75.3 Å². The van der Waals surface area contributed by atoms with Crippen molar-refractivity contribution in [2.24, 2.45) is 5.92 Å². The molecule has 1 fully saturated rings. The number of hydrogen-bond donors (Lipinski definition) is 1. The van der Waals surface area contributed by atoms with E-state index in [2.05, 4.69) is 29.0 Å². The first-order valence-electron chi connectivity index (χ1n) is 9.07. The summed E-state index contributed by atoms with van der Waals surface area (Å²) in [5.41, 5.74) is 0.766. The van der Waals surface area contributed by atoms with Crippen molar-refractivity contribution in [3.63, 3.8) is 0 Å². The summed E-state index contributed by atoms with van der Waals surface area (Å²) >= 11 is 0. The zero-order valence-electron chi connectivity index (χ0n) is 15.7. The van der Waals surface area contributed by atoms with Gasteiger partial charge in [-0.3, -0.25) is 14.6 Å². The average molecular weight is 349 g/mol. The molecular weight excluding hydrogens is 318 g/mol. The van der Waals surface area contributed by atoms with E-state index in [9.17, 15) is 4.79 Å². The van der Waals surface area contributed by atoms with E-state index >= 15 is 0 Å². The summed E-state index contributed by atoms with van der Waals surface area (Å²) in [5, 5.41) is 2.95. The molecule has 140 valence electrons. The Labute approximate surface area is 151 Å². The van der Waals surface area contributed by atoms with E-state index in [4.69, 9.17) is 9.47 Å². The Morgan fingerprint density at radius 3 is 2.84 bits per heavy atom. The van der Waals surface area contributed by atoms with Crippen LogP contribution in [-0.2, 0) is 9.53 Å². The van der Waals surface area contributed by atoms with Crippen molar-refractivity contribution >= 4 is 11.6 Å². The largest absolute Gasteiger partial charge is 0.497 e. The highest BCUT2D eigenvalue weighted by molar-refractivity contribution is 5.92. The second kappa shape index (κ2) is 10.4. The lowest BCUT2D eigenvalue weighted by molar-refractivity contribution is -0.117. The van der Waals surface area contributed by atoms with Crippen LogP contribution in [0.3, 0.4) is 0 Å². The summed E-state index contributed by atoms with van der Waals surface area (Å²) < 4.78 is 10.6. The summed E-state index contributed by atoms with van der Waals surface area (Å²) in [5.74, 6) is 1.26. The third-order valence-corrected chi connectivity index (χ3v) is 4.41. The Kier molecular flexibility index (Phi) is 8.18. The van der Waals surface area contributed by atoms with E-state index in [1.54, 1.807) is 7.11 Å². The molecule has 0 bridgehead atoms. The third kappa shape index (κ3) is 7.02. The van der Waals surface area contributed by atoms with Gasteiger partial charge in [0.1, 0.15) is 5.75 Å². The lowest BCUT2D eigenvalue weighted by Crippen LogP contribution is -2.42. The van der Waals surface area contributed by atoms with Crippen LogP contribution in [0.4, 0.5) is 5.69 Å². The van der Waals surface area contributed by atoms with Crippen LogP contribution in [0.1, 0.15) is 13.8 Å². The van der Waals surface area contributed by atoms with Gasteiger partial charge >= 0.3 is 0 Å². The van der Waals surface area contributed by atoms with E-state index in [0.29, 0.717) is 12.5 Å². The van der Waals surface area contributed by atoms with Crippen molar-refractivity contribution in [2.45, 2.75) is 13.8 Å². The summed E-state index contributed by atoms with van der Waals surface area (Å²) in [7, 11) is 1.62. The Bertz CT molecular complexity index is 532. The number of methoxy groups -OCH3 is 1. The number of benzene rings is 1. The number of ether oxygens (including phenoxy) is 2. The normalized spacial score (nSPS) is 16.6. The Morgan fingerprint density at radius 2 is 2.16 bits per heavy atom. The summed E-state index contributed by atoms with van der Waals surface area (Å²) in [4.78, 5) is 17.0. The predicted molar refractivity (Wildman–Crippen MR) is 100 cm³/mol. The fourth-order valence-electron chi connectivity index (χ4n) is 3.13. The number of nitrogens with zero attached hydrogens (tertiary/aromatic N) is 2. The number of rotatable bonds is 9. The number of nitrogens with one attached hydrogen (secondary N) is 1. The van der Waals surface area contributed by atoms with Crippen LogP contribution < -0.4 is 10.1 Å². The number of carbonyl (C=O) groups excluding carboxylic acids is 1. The Hall–Kier alpha value is -1.63. The van der Waals surface area contributed by atoms with Gasteiger partial charge in [0.2, 0.25) is 5.91 Å². The minimum atomic E-state index is 0.00803. The van der Waals surface area contributed by atoms with Gasteiger partial charge in [0.05, 0.1) is 26.9 Å². The number of likely N-dealkylation sites (N-methyl/N-ethyl adjacent to an activating group) is 1. The molecule has 1 aromatic rings. The third-order valence-electron chi connectivity index (χ3n) is 4.41. The van der Waals surface area contributed by atoms with Gasteiger partial charge in [0, 0.05) is 37.9 Å². The lowest BCUT2D eigenvalue weighted by atomic mass is 10.1. The molecule has 1 N–H and O–H groups in total. The van der Waals surface area contributed by atoms with Crippen LogP contribution in [0.15, 0.2) is 24.3 Å². The molecule has 1 saturated heterocycles. The first-order chi connectivity index (χ1) is 12.1. The lowest BCUT2D eigenvalue weighted by Gasteiger charge is -2.31. The maximum absolute atomic E-state index is 12.3. The molecule has 1 aliphatic rings. The zero-order chi connectivity index (χ0) is 18.1. The molecule has 0 radical (unpaired) electrons.